The van der Waals surface area contributed by atoms with Crippen LogP contribution in [0, 0.1) is 0 Å². The molecule has 1 amide bonds. The van der Waals surface area contributed by atoms with Crippen LogP contribution in [0.2, 0.25) is 0 Å². The van der Waals surface area contributed by atoms with E-state index >= 15 is 0 Å². The van der Waals surface area contributed by atoms with Gasteiger partial charge in [-0.3, -0.25) is 4.79 Å². The van der Waals surface area contributed by atoms with E-state index < -0.39 is 6.10 Å². The number of fused-ring (bicyclic) bond motifs is 1. The molecule has 2 rings (SSSR count). The number of aliphatic hydroxyl groups excluding tert-OH is 1. The van der Waals surface area contributed by atoms with E-state index in [4.69, 9.17) is 0 Å². The molecule has 4 nitrogen and oxygen atoms in total. The summed E-state index contributed by atoms with van der Waals surface area (Å²) in [6.07, 6.45) is 0.166. The molecule has 0 aliphatic carbocycles. The first-order valence-corrected chi connectivity index (χ1v) is 8.30. The minimum atomic E-state index is -0.401. The van der Waals surface area contributed by atoms with Crippen LogP contribution in [0.1, 0.15) is 20.3 Å². The van der Waals surface area contributed by atoms with Crippen molar-refractivity contribution in [1.29, 1.82) is 0 Å². The van der Waals surface area contributed by atoms with Crippen molar-refractivity contribution in [2.75, 3.05) is 5.75 Å². The number of hydrogen-bond donors (Lipinski definition) is 2. The lowest BCUT2D eigenvalue weighted by Gasteiger charge is -2.14. The van der Waals surface area contributed by atoms with Crippen LogP contribution in [0.5, 0.6) is 0 Å². The number of nitrogens with one attached hydrogen (secondary N) is 1. The van der Waals surface area contributed by atoms with Crippen LogP contribution in [-0.2, 0) is 4.79 Å². The normalized spacial score (nSPS) is 14.2. The third-order valence-electron chi connectivity index (χ3n) is 2.70. The summed E-state index contributed by atoms with van der Waals surface area (Å²) >= 11 is 3.05. The Bertz CT molecular complexity index is 550. The van der Waals surface area contributed by atoms with E-state index in [0.29, 0.717) is 12.2 Å². The molecule has 1 aromatic heterocycles. The number of carbonyl (C=O) groups is 1. The van der Waals surface area contributed by atoms with Gasteiger partial charge in [-0.25, -0.2) is 4.98 Å². The van der Waals surface area contributed by atoms with Gasteiger partial charge in [-0.1, -0.05) is 23.9 Å². The van der Waals surface area contributed by atoms with Crippen molar-refractivity contribution in [3.8, 4) is 0 Å². The number of para-hydroxylation sites is 1. The van der Waals surface area contributed by atoms with Gasteiger partial charge in [0.2, 0.25) is 5.91 Å². The number of carbonyl (C=O) groups excluding carboxylic acids is 1. The van der Waals surface area contributed by atoms with Crippen LogP contribution in [0.25, 0.3) is 10.2 Å². The second-order valence-corrected chi connectivity index (χ2v) is 7.04. The molecule has 2 aromatic rings. The Morgan fingerprint density at radius 2 is 2.20 bits per heavy atom. The average molecular weight is 310 g/mol. The summed E-state index contributed by atoms with van der Waals surface area (Å²) in [7, 11) is 0. The first kappa shape index (κ1) is 15.3. The zero-order valence-corrected chi connectivity index (χ0v) is 13.1. The monoisotopic (exact) mass is 310 g/mol. The molecule has 2 unspecified atom stereocenters. The van der Waals surface area contributed by atoms with Crippen molar-refractivity contribution in [1.82, 2.24) is 10.3 Å². The lowest BCUT2D eigenvalue weighted by Crippen LogP contribution is -2.35. The maximum atomic E-state index is 11.8. The van der Waals surface area contributed by atoms with Gasteiger partial charge in [-0.2, -0.15) is 0 Å². The lowest BCUT2D eigenvalue weighted by atomic mass is 10.1. The summed E-state index contributed by atoms with van der Waals surface area (Å²) in [5, 5.41) is 12.1. The number of aromatic nitrogens is 1. The predicted octanol–water partition coefficient (Wildman–Crippen LogP) is 2.66. The number of thioether (sulfide) groups is 1. The Labute approximate surface area is 126 Å². The molecular formula is C14H18N2O2S2. The summed E-state index contributed by atoms with van der Waals surface area (Å²) in [5.74, 6) is 0.326. The van der Waals surface area contributed by atoms with Crippen LogP contribution in [0.15, 0.2) is 28.6 Å². The molecule has 1 aromatic carbocycles. The highest BCUT2D eigenvalue weighted by Gasteiger charge is 2.11. The molecule has 0 aliphatic rings. The second kappa shape index (κ2) is 7.06. The van der Waals surface area contributed by atoms with Gasteiger partial charge in [0.1, 0.15) is 0 Å². The van der Waals surface area contributed by atoms with E-state index in [1.165, 1.54) is 11.8 Å². The van der Waals surface area contributed by atoms with Crippen LogP contribution in [-0.4, -0.2) is 33.9 Å². The van der Waals surface area contributed by atoms with Crippen molar-refractivity contribution < 1.29 is 9.90 Å². The molecule has 0 bridgehead atoms. The highest BCUT2D eigenvalue weighted by atomic mass is 32.2. The molecule has 0 radical (unpaired) electrons. The molecule has 0 spiro atoms. The van der Waals surface area contributed by atoms with Crippen molar-refractivity contribution >= 4 is 39.2 Å². The van der Waals surface area contributed by atoms with E-state index in [0.717, 1.165) is 14.6 Å². The van der Waals surface area contributed by atoms with Gasteiger partial charge in [0.05, 0.1) is 22.1 Å². The number of nitrogens with zero attached hydrogens (tertiary/aromatic N) is 1. The fourth-order valence-electron chi connectivity index (χ4n) is 1.93. The van der Waals surface area contributed by atoms with Crippen molar-refractivity contribution in [2.45, 2.75) is 36.8 Å². The van der Waals surface area contributed by atoms with Crippen LogP contribution in [0.3, 0.4) is 0 Å². The largest absolute Gasteiger partial charge is 0.393 e. The average Bonchev–Trinajstić information content (AvgIpc) is 2.77. The minimum Gasteiger partial charge on any atom is -0.393 e. The van der Waals surface area contributed by atoms with Gasteiger partial charge >= 0.3 is 0 Å². The molecule has 0 saturated carbocycles. The summed E-state index contributed by atoms with van der Waals surface area (Å²) in [6.45, 7) is 3.62. The fourth-order valence-corrected chi connectivity index (χ4v) is 3.81. The molecule has 1 heterocycles. The maximum absolute atomic E-state index is 11.8. The Morgan fingerprint density at radius 3 is 2.90 bits per heavy atom. The molecule has 2 N–H and O–H groups in total. The van der Waals surface area contributed by atoms with Gasteiger partial charge in [-0.05, 0) is 32.4 Å². The molecular weight excluding hydrogens is 292 g/mol. The summed E-state index contributed by atoms with van der Waals surface area (Å²) in [5.41, 5.74) is 0.975. The molecule has 2 atom stereocenters. The highest BCUT2D eigenvalue weighted by Crippen LogP contribution is 2.28. The van der Waals surface area contributed by atoms with Gasteiger partial charge in [0.15, 0.2) is 4.34 Å². The van der Waals surface area contributed by atoms with E-state index in [9.17, 15) is 9.90 Å². The molecule has 0 saturated heterocycles. The van der Waals surface area contributed by atoms with Gasteiger partial charge in [-0.15, -0.1) is 11.3 Å². The maximum Gasteiger partial charge on any atom is 0.230 e. The molecule has 6 heteroatoms. The van der Waals surface area contributed by atoms with Crippen LogP contribution in [0.4, 0.5) is 0 Å². The van der Waals surface area contributed by atoms with Gasteiger partial charge in [0.25, 0.3) is 0 Å². The summed E-state index contributed by atoms with van der Waals surface area (Å²) < 4.78 is 2.04. The zero-order chi connectivity index (χ0) is 14.5. The number of aliphatic hydroxyl groups is 1. The first-order valence-electron chi connectivity index (χ1n) is 6.50. The SMILES string of the molecule is CC(O)CC(C)NC(=O)CSc1nc2ccccc2s1. The summed E-state index contributed by atoms with van der Waals surface area (Å²) in [6, 6.07) is 7.93. The number of hydrogen-bond acceptors (Lipinski definition) is 5. The molecule has 0 fully saturated rings. The first-order chi connectivity index (χ1) is 9.54. The van der Waals surface area contributed by atoms with Crippen molar-refractivity contribution in [3.63, 3.8) is 0 Å². The van der Waals surface area contributed by atoms with Crippen molar-refractivity contribution in [2.24, 2.45) is 0 Å². The number of amides is 1. The van der Waals surface area contributed by atoms with E-state index in [2.05, 4.69) is 10.3 Å². The third kappa shape index (κ3) is 4.47. The lowest BCUT2D eigenvalue weighted by molar-refractivity contribution is -0.119. The number of rotatable bonds is 6. The Morgan fingerprint density at radius 1 is 1.45 bits per heavy atom. The predicted molar refractivity (Wildman–Crippen MR) is 84.2 cm³/mol. The molecule has 20 heavy (non-hydrogen) atoms. The molecule has 0 aliphatic heterocycles. The Kier molecular flexibility index (Phi) is 5.39. The molecule has 108 valence electrons. The quantitative estimate of drug-likeness (QED) is 0.805. The third-order valence-corrected chi connectivity index (χ3v) is 4.88. The Hall–Kier alpha value is -1.11. The topological polar surface area (TPSA) is 62.2 Å². The van der Waals surface area contributed by atoms with Crippen LogP contribution < -0.4 is 5.32 Å². The second-order valence-electron chi connectivity index (χ2n) is 4.79. The minimum absolute atomic E-state index is 0.0153. The smallest absolute Gasteiger partial charge is 0.230 e. The van der Waals surface area contributed by atoms with Gasteiger partial charge in [0, 0.05) is 6.04 Å². The highest BCUT2D eigenvalue weighted by molar-refractivity contribution is 8.01. The van der Waals surface area contributed by atoms with Crippen LogP contribution >= 0.6 is 23.1 Å². The fraction of sp³-hybridized carbons (Fsp3) is 0.429. The van der Waals surface area contributed by atoms with E-state index in [1.54, 1.807) is 18.3 Å². The van der Waals surface area contributed by atoms with Gasteiger partial charge < -0.3 is 10.4 Å². The number of benzene rings is 1. The zero-order valence-electron chi connectivity index (χ0n) is 11.5. The van der Waals surface area contributed by atoms with E-state index in [1.807, 2.05) is 31.2 Å². The number of thiazole rings is 1. The summed E-state index contributed by atoms with van der Waals surface area (Å²) in [4.78, 5) is 16.3. The Balaban J connectivity index is 1.84. The van der Waals surface area contributed by atoms with Crippen molar-refractivity contribution in [3.05, 3.63) is 24.3 Å². The standard InChI is InChI=1S/C14H18N2O2S2/c1-9(7-10(2)17)15-13(18)8-19-14-16-11-5-3-4-6-12(11)20-14/h3-6,9-10,17H,7-8H2,1-2H3,(H,15,18). The van der Waals surface area contributed by atoms with E-state index in [-0.39, 0.29) is 11.9 Å².